The van der Waals surface area contributed by atoms with Crippen molar-refractivity contribution in [2.24, 2.45) is 5.73 Å². The average molecular weight is 270 g/mol. The minimum atomic E-state index is -4.86. The molecule has 0 aliphatic heterocycles. The van der Waals surface area contributed by atoms with Gasteiger partial charge >= 0.3 is 12.3 Å². The van der Waals surface area contributed by atoms with Crippen molar-refractivity contribution in [2.75, 3.05) is 0 Å². The third-order valence-corrected chi connectivity index (χ3v) is 2.15. The van der Waals surface area contributed by atoms with Gasteiger partial charge in [0, 0.05) is 10.6 Å². The molecule has 94 valence electrons. The van der Waals surface area contributed by atoms with Crippen molar-refractivity contribution in [2.45, 2.75) is 12.4 Å². The summed E-state index contributed by atoms with van der Waals surface area (Å²) in [7, 11) is 0. The van der Waals surface area contributed by atoms with Gasteiger partial charge in [-0.25, -0.2) is 0 Å². The first-order chi connectivity index (χ1) is 7.70. The van der Waals surface area contributed by atoms with Crippen LogP contribution < -0.4 is 10.5 Å². The second kappa shape index (κ2) is 4.80. The van der Waals surface area contributed by atoms with Crippen molar-refractivity contribution in [3.8, 4) is 5.75 Å². The van der Waals surface area contributed by atoms with Gasteiger partial charge in [-0.05, 0) is 18.2 Å². The molecular weight excluding hydrogens is 263 g/mol. The average Bonchev–Trinajstić information content (AvgIpc) is 2.17. The summed E-state index contributed by atoms with van der Waals surface area (Å²) >= 11 is 5.63. The fourth-order valence-corrected chi connectivity index (χ4v) is 1.33. The number of hydrogen-bond acceptors (Lipinski definition) is 3. The van der Waals surface area contributed by atoms with E-state index in [4.69, 9.17) is 22.4 Å². The molecule has 1 atom stereocenters. The van der Waals surface area contributed by atoms with Crippen LogP contribution in [0.15, 0.2) is 18.2 Å². The molecule has 1 aromatic rings. The number of hydrogen-bond donors (Lipinski definition) is 2. The third kappa shape index (κ3) is 3.79. The highest BCUT2D eigenvalue weighted by Crippen LogP contribution is 2.29. The van der Waals surface area contributed by atoms with Crippen LogP contribution in [0.5, 0.6) is 5.75 Å². The van der Waals surface area contributed by atoms with Gasteiger partial charge in [0.05, 0.1) is 0 Å². The van der Waals surface area contributed by atoms with Crippen LogP contribution in [0.2, 0.25) is 5.02 Å². The predicted octanol–water partition coefficient (Wildman–Crippen LogP) is 2.32. The highest BCUT2D eigenvalue weighted by molar-refractivity contribution is 6.31. The molecule has 0 aromatic heterocycles. The fraction of sp³-hybridized carbons (Fsp3) is 0.222. The molecule has 17 heavy (non-hydrogen) atoms. The number of benzene rings is 1. The molecule has 0 aliphatic rings. The quantitative estimate of drug-likeness (QED) is 0.883. The highest BCUT2D eigenvalue weighted by Gasteiger charge is 2.31. The van der Waals surface area contributed by atoms with E-state index in [1.54, 1.807) is 0 Å². The Morgan fingerprint density at radius 1 is 1.47 bits per heavy atom. The number of nitrogens with two attached hydrogens (primary N) is 1. The summed E-state index contributed by atoms with van der Waals surface area (Å²) in [4.78, 5) is 10.6. The summed E-state index contributed by atoms with van der Waals surface area (Å²) in [5.41, 5.74) is 5.10. The Balaban J connectivity index is 3.06. The van der Waals surface area contributed by atoms with Crippen LogP contribution in [-0.2, 0) is 4.79 Å². The zero-order valence-electron chi connectivity index (χ0n) is 8.16. The van der Waals surface area contributed by atoms with E-state index < -0.39 is 24.1 Å². The zero-order valence-corrected chi connectivity index (χ0v) is 8.92. The van der Waals surface area contributed by atoms with E-state index >= 15 is 0 Å². The van der Waals surface area contributed by atoms with Crippen molar-refractivity contribution < 1.29 is 27.8 Å². The molecule has 1 aromatic carbocycles. The number of alkyl halides is 3. The van der Waals surface area contributed by atoms with E-state index in [1.165, 1.54) is 0 Å². The van der Waals surface area contributed by atoms with Gasteiger partial charge in [-0.2, -0.15) is 0 Å². The zero-order chi connectivity index (χ0) is 13.2. The van der Waals surface area contributed by atoms with Gasteiger partial charge < -0.3 is 15.6 Å². The Hall–Kier alpha value is -1.47. The summed E-state index contributed by atoms with van der Waals surface area (Å²) in [6.45, 7) is 0. The summed E-state index contributed by atoms with van der Waals surface area (Å²) < 4.78 is 39.4. The van der Waals surface area contributed by atoms with E-state index in [0.29, 0.717) is 0 Å². The van der Waals surface area contributed by atoms with Crippen molar-refractivity contribution in [3.63, 3.8) is 0 Å². The van der Waals surface area contributed by atoms with Gasteiger partial charge in [0.25, 0.3) is 0 Å². The monoisotopic (exact) mass is 269 g/mol. The Bertz CT molecular complexity index is 436. The van der Waals surface area contributed by atoms with Gasteiger partial charge in [0.15, 0.2) is 0 Å². The number of carboxylic acid groups (broad SMARTS) is 1. The van der Waals surface area contributed by atoms with Crippen molar-refractivity contribution >= 4 is 17.6 Å². The summed E-state index contributed by atoms with van der Waals surface area (Å²) in [6.07, 6.45) is -4.86. The maximum absolute atomic E-state index is 11.9. The topological polar surface area (TPSA) is 72.6 Å². The molecule has 0 amide bonds. The minimum Gasteiger partial charge on any atom is -0.480 e. The number of rotatable bonds is 3. The molecule has 0 bridgehead atoms. The molecule has 3 N–H and O–H groups in total. The molecule has 4 nitrogen and oxygen atoms in total. The first-order valence-electron chi connectivity index (χ1n) is 4.24. The van der Waals surface area contributed by atoms with E-state index in [2.05, 4.69) is 4.74 Å². The Morgan fingerprint density at radius 2 is 2.06 bits per heavy atom. The van der Waals surface area contributed by atoms with E-state index in [-0.39, 0.29) is 10.6 Å². The maximum Gasteiger partial charge on any atom is 0.573 e. The predicted molar refractivity (Wildman–Crippen MR) is 52.7 cm³/mol. The van der Waals surface area contributed by atoms with Crippen LogP contribution in [-0.4, -0.2) is 17.4 Å². The van der Waals surface area contributed by atoms with Gasteiger partial charge in [-0.3, -0.25) is 4.79 Å². The smallest absolute Gasteiger partial charge is 0.480 e. The maximum atomic E-state index is 11.9. The van der Waals surface area contributed by atoms with Crippen LogP contribution >= 0.6 is 11.6 Å². The summed E-state index contributed by atoms with van der Waals surface area (Å²) in [5.74, 6) is -1.98. The summed E-state index contributed by atoms with van der Waals surface area (Å²) in [6, 6.07) is 1.38. The van der Waals surface area contributed by atoms with Gasteiger partial charge in [-0.15, -0.1) is 13.2 Å². The molecule has 0 unspecified atom stereocenters. The van der Waals surface area contributed by atoms with Crippen molar-refractivity contribution in [3.05, 3.63) is 28.8 Å². The van der Waals surface area contributed by atoms with Crippen LogP contribution in [0, 0.1) is 0 Å². The molecule has 0 aliphatic carbocycles. The second-order valence-corrected chi connectivity index (χ2v) is 3.45. The number of aliphatic carboxylic acids is 1. The third-order valence-electron chi connectivity index (χ3n) is 1.80. The van der Waals surface area contributed by atoms with Gasteiger partial charge in [-0.1, -0.05) is 11.6 Å². The molecular formula is C9H7ClF3NO3. The van der Waals surface area contributed by atoms with Crippen LogP contribution in [0.1, 0.15) is 11.6 Å². The van der Waals surface area contributed by atoms with E-state index in [9.17, 15) is 18.0 Å². The standard InChI is InChI=1S/C9H7ClF3NO3/c10-6-2-1-4(17-9(11,12)13)3-5(6)7(14)8(15)16/h1-3,7H,14H2,(H,15,16)/t7-/m0/s1. The molecule has 0 radical (unpaired) electrons. The van der Waals surface area contributed by atoms with E-state index in [1.807, 2.05) is 0 Å². The van der Waals surface area contributed by atoms with Gasteiger partial charge in [0.2, 0.25) is 0 Å². The number of halogens is 4. The lowest BCUT2D eigenvalue weighted by Gasteiger charge is -2.13. The molecule has 1 rings (SSSR count). The van der Waals surface area contributed by atoms with E-state index in [0.717, 1.165) is 18.2 Å². The molecule has 0 fully saturated rings. The summed E-state index contributed by atoms with van der Waals surface area (Å²) in [5, 5.41) is 8.59. The Kier molecular flexibility index (Phi) is 3.84. The Labute approximate surface area is 98.7 Å². The number of carboxylic acids is 1. The largest absolute Gasteiger partial charge is 0.573 e. The molecule has 0 spiro atoms. The first kappa shape index (κ1) is 13.6. The SMILES string of the molecule is N[C@H](C(=O)O)c1cc(OC(F)(F)F)ccc1Cl. The molecule has 0 heterocycles. The lowest BCUT2D eigenvalue weighted by atomic mass is 10.1. The van der Waals surface area contributed by atoms with Crippen LogP contribution in [0.25, 0.3) is 0 Å². The first-order valence-corrected chi connectivity index (χ1v) is 4.62. The molecule has 0 saturated heterocycles. The van der Waals surface area contributed by atoms with Gasteiger partial charge in [0.1, 0.15) is 11.8 Å². The second-order valence-electron chi connectivity index (χ2n) is 3.05. The lowest BCUT2D eigenvalue weighted by Crippen LogP contribution is -2.22. The van der Waals surface area contributed by atoms with Crippen molar-refractivity contribution in [1.29, 1.82) is 0 Å². The fourth-order valence-electron chi connectivity index (χ4n) is 1.09. The van der Waals surface area contributed by atoms with Crippen LogP contribution in [0.4, 0.5) is 13.2 Å². The normalized spacial score (nSPS) is 13.2. The number of carbonyl (C=O) groups is 1. The minimum absolute atomic E-state index is 0.0468. The van der Waals surface area contributed by atoms with Crippen LogP contribution in [0.3, 0.4) is 0 Å². The highest BCUT2D eigenvalue weighted by atomic mass is 35.5. The lowest BCUT2D eigenvalue weighted by molar-refractivity contribution is -0.274. The van der Waals surface area contributed by atoms with Crippen molar-refractivity contribution in [1.82, 2.24) is 0 Å². The number of ether oxygens (including phenoxy) is 1. The Morgan fingerprint density at radius 3 is 2.53 bits per heavy atom. The molecule has 0 saturated carbocycles. The molecule has 8 heteroatoms.